The fourth-order valence-electron chi connectivity index (χ4n) is 3.79. The number of aromatic nitrogens is 2. The second-order valence-corrected chi connectivity index (χ2v) is 8.68. The van der Waals surface area contributed by atoms with Gasteiger partial charge < -0.3 is 10.1 Å². The van der Waals surface area contributed by atoms with Crippen LogP contribution in [0.5, 0.6) is 5.75 Å². The zero-order chi connectivity index (χ0) is 22.8. The zero-order valence-electron chi connectivity index (χ0n) is 18.5. The summed E-state index contributed by atoms with van der Waals surface area (Å²) >= 11 is 1.61. The van der Waals surface area contributed by atoms with Crippen LogP contribution in [0.3, 0.4) is 0 Å². The van der Waals surface area contributed by atoms with Gasteiger partial charge in [0.1, 0.15) is 22.9 Å². The van der Waals surface area contributed by atoms with E-state index in [4.69, 9.17) is 16.1 Å². The summed E-state index contributed by atoms with van der Waals surface area (Å²) in [6.45, 7) is 2.75. The number of nitrogens with one attached hydrogen (secondary N) is 1. The van der Waals surface area contributed by atoms with E-state index in [2.05, 4.69) is 65.0 Å². The summed E-state index contributed by atoms with van der Waals surface area (Å²) in [7, 11) is 1.67. The number of pyridine rings is 1. The maximum Gasteiger partial charge on any atom is 0.140 e. The van der Waals surface area contributed by atoms with E-state index in [0.717, 1.165) is 44.6 Å². The smallest absolute Gasteiger partial charge is 0.140 e. The molecule has 2 aliphatic rings. The number of rotatable bonds is 5. The normalized spacial score (nSPS) is 10.8. The number of hydrogen-bond donors (Lipinski definition) is 1. The average molecular weight is 450 g/mol. The molecule has 0 saturated carbocycles. The van der Waals surface area contributed by atoms with E-state index in [0.29, 0.717) is 6.54 Å². The largest absolute Gasteiger partial charge is 0.497 e. The number of imidazole rings is 1. The minimum atomic E-state index is 0.676. The van der Waals surface area contributed by atoms with Crippen molar-refractivity contribution in [3.63, 3.8) is 0 Å². The molecule has 0 saturated heterocycles. The van der Waals surface area contributed by atoms with Crippen LogP contribution in [0.4, 0.5) is 5.82 Å². The fraction of sp³-hybridized carbons (Fsp3) is 0.107. The van der Waals surface area contributed by atoms with E-state index < -0.39 is 0 Å². The van der Waals surface area contributed by atoms with E-state index in [1.807, 2.05) is 35.7 Å². The van der Waals surface area contributed by atoms with Crippen molar-refractivity contribution in [3.8, 4) is 39.8 Å². The molecule has 3 aromatic heterocycles. The van der Waals surface area contributed by atoms with Crippen LogP contribution in [0.15, 0.2) is 78.2 Å². The Morgan fingerprint density at radius 1 is 1.03 bits per heavy atom. The monoisotopic (exact) mass is 449 g/mol. The van der Waals surface area contributed by atoms with Crippen LogP contribution in [-0.2, 0) is 6.54 Å². The van der Waals surface area contributed by atoms with E-state index in [1.54, 1.807) is 18.4 Å². The van der Waals surface area contributed by atoms with Crippen molar-refractivity contribution in [3.05, 3.63) is 95.0 Å². The number of hydrogen-bond acceptors (Lipinski definition) is 4. The maximum atomic E-state index is 5.69. The van der Waals surface area contributed by atoms with Crippen LogP contribution in [0.1, 0.15) is 16.8 Å². The summed E-state index contributed by atoms with van der Waals surface area (Å²) < 4.78 is 7.37. The Labute approximate surface area is 197 Å². The Bertz CT molecular complexity index is 1450. The van der Waals surface area contributed by atoms with Crippen LogP contribution in [0.25, 0.3) is 27.3 Å². The third kappa shape index (κ3) is 4.21. The van der Waals surface area contributed by atoms with E-state index >= 15 is 0 Å². The average Bonchev–Trinajstić information content (AvgIpc) is 3.21. The molecule has 0 unspecified atom stereocenters. The molecule has 4 nitrogen and oxygen atoms in total. The molecule has 1 aromatic carbocycles. The molecular formula is C28H23N3OS. The Morgan fingerprint density at radius 2 is 1.79 bits per heavy atom. The summed E-state index contributed by atoms with van der Waals surface area (Å²) in [4.78, 5) is 5.87. The summed E-state index contributed by atoms with van der Waals surface area (Å²) in [5, 5.41) is 5.58. The minimum absolute atomic E-state index is 0.676. The molecule has 2 aliphatic carbocycles. The van der Waals surface area contributed by atoms with Gasteiger partial charge >= 0.3 is 0 Å². The zero-order valence-corrected chi connectivity index (χ0v) is 19.3. The molecule has 1 N–H and O–H groups in total. The van der Waals surface area contributed by atoms with Gasteiger partial charge in [0.25, 0.3) is 0 Å². The molecule has 0 aliphatic heterocycles. The molecule has 0 atom stereocenters. The number of aryl methyl sites for hydroxylation is 1. The van der Waals surface area contributed by atoms with Gasteiger partial charge in [-0.1, -0.05) is 42.3 Å². The second-order valence-electron chi connectivity index (χ2n) is 7.76. The van der Waals surface area contributed by atoms with Crippen LogP contribution in [0, 0.1) is 19.3 Å². The van der Waals surface area contributed by atoms with Gasteiger partial charge in [-0.2, -0.15) is 0 Å². The molecule has 3 heterocycles. The van der Waals surface area contributed by atoms with Crippen molar-refractivity contribution in [1.29, 1.82) is 0 Å². The number of fused-ring (bicyclic) bond motifs is 2. The van der Waals surface area contributed by atoms with Crippen molar-refractivity contribution in [1.82, 2.24) is 9.38 Å². The van der Waals surface area contributed by atoms with E-state index in [9.17, 15) is 0 Å². The van der Waals surface area contributed by atoms with Crippen molar-refractivity contribution < 1.29 is 4.74 Å². The Balaban J connectivity index is 0.000000324. The Hall–Kier alpha value is -4.01. The number of methoxy groups -OCH3 is 1. The van der Waals surface area contributed by atoms with Crippen molar-refractivity contribution in [2.24, 2.45) is 0 Å². The Kier molecular flexibility index (Phi) is 5.60. The van der Waals surface area contributed by atoms with Crippen molar-refractivity contribution in [2.45, 2.75) is 13.5 Å². The van der Waals surface area contributed by atoms with Gasteiger partial charge in [0.2, 0.25) is 0 Å². The number of benzene rings is 2. The minimum Gasteiger partial charge on any atom is -0.497 e. The molecule has 0 fully saturated rings. The number of anilines is 1. The summed E-state index contributed by atoms with van der Waals surface area (Å²) in [5.41, 5.74) is 7.79. The van der Waals surface area contributed by atoms with Gasteiger partial charge in [0, 0.05) is 17.8 Å². The molecule has 0 bridgehead atoms. The molecule has 5 heteroatoms. The first-order valence-corrected chi connectivity index (χ1v) is 11.6. The molecule has 33 heavy (non-hydrogen) atoms. The van der Waals surface area contributed by atoms with Crippen molar-refractivity contribution in [2.75, 3.05) is 12.4 Å². The third-order valence-corrected chi connectivity index (χ3v) is 6.53. The summed E-state index contributed by atoms with van der Waals surface area (Å²) in [6, 6.07) is 24.6. The highest BCUT2D eigenvalue weighted by Gasteiger charge is 2.18. The lowest BCUT2D eigenvalue weighted by atomic mass is 10.2. The molecule has 6 rings (SSSR count). The predicted molar refractivity (Wildman–Crippen MR) is 137 cm³/mol. The van der Waals surface area contributed by atoms with E-state index in [-0.39, 0.29) is 0 Å². The topological polar surface area (TPSA) is 38.6 Å². The molecular weight excluding hydrogens is 426 g/mol. The number of nitrogens with zero attached hydrogens (tertiary/aromatic N) is 2. The highest BCUT2D eigenvalue weighted by Crippen LogP contribution is 2.36. The van der Waals surface area contributed by atoms with Crippen LogP contribution in [-0.4, -0.2) is 16.5 Å². The SMILES string of the molecule is C#Cc1ccsc1-c1nc2cccc(C)n2c1NCc1ccc(OC)cc1.c1cc2cc-2c1. The van der Waals surface area contributed by atoms with Gasteiger partial charge in [0.15, 0.2) is 0 Å². The third-order valence-electron chi connectivity index (χ3n) is 5.61. The molecule has 0 amide bonds. The maximum absolute atomic E-state index is 5.69. The predicted octanol–water partition coefficient (Wildman–Crippen LogP) is 6.64. The number of thiophene rings is 1. The standard InChI is InChI=1S/C22H19N3OS.C6H4/c1-4-17-12-13-27-21(17)20-22(25-15(2)6-5-7-19(25)24-20)23-14-16-8-10-18(26-3)11-9-16;1-2-5-4-6(5)3-1/h1,5-13,23H,14H2,2-3H3;1-4H. The highest BCUT2D eigenvalue weighted by molar-refractivity contribution is 7.13. The van der Waals surface area contributed by atoms with Gasteiger partial charge in [-0.15, -0.1) is 17.8 Å². The Morgan fingerprint density at radius 3 is 2.42 bits per heavy atom. The molecule has 0 spiro atoms. The van der Waals surface area contributed by atoms with Gasteiger partial charge in [0.05, 0.1) is 12.0 Å². The second kappa shape index (κ2) is 8.85. The molecule has 162 valence electrons. The summed E-state index contributed by atoms with van der Waals surface area (Å²) in [6.07, 6.45) is 5.69. The van der Waals surface area contributed by atoms with Gasteiger partial charge in [-0.05, 0) is 65.4 Å². The van der Waals surface area contributed by atoms with Gasteiger partial charge in [-0.3, -0.25) is 4.40 Å². The van der Waals surface area contributed by atoms with Crippen LogP contribution >= 0.6 is 11.3 Å². The van der Waals surface area contributed by atoms with Crippen molar-refractivity contribution >= 4 is 22.8 Å². The first kappa shape index (κ1) is 20.9. The lowest BCUT2D eigenvalue weighted by Gasteiger charge is -2.11. The number of terminal acetylenes is 1. The van der Waals surface area contributed by atoms with Gasteiger partial charge in [-0.25, -0.2) is 4.98 Å². The first-order valence-electron chi connectivity index (χ1n) is 10.7. The van der Waals surface area contributed by atoms with Crippen LogP contribution in [0.2, 0.25) is 0 Å². The molecule has 0 radical (unpaired) electrons. The van der Waals surface area contributed by atoms with E-state index in [1.165, 1.54) is 11.1 Å². The quantitative estimate of drug-likeness (QED) is 0.300. The van der Waals surface area contributed by atoms with Crippen LogP contribution < -0.4 is 10.1 Å². The molecule has 4 aromatic rings. The lowest BCUT2D eigenvalue weighted by molar-refractivity contribution is 0.414. The summed E-state index contributed by atoms with van der Waals surface area (Å²) in [5.74, 6) is 4.57. The number of ether oxygens (including phenoxy) is 1. The highest BCUT2D eigenvalue weighted by atomic mass is 32.1. The lowest BCUT2D eigenvalue weighted by Crippen LogP contribution is -2.04. The fourth-order valence-corrected chi connectivity index (χ4v) is 4.63. The first-order chi connectivity index (χ1) is 16.2.